The Morgan fingerprint density at radius 1 is 1.29 bits per heavy atom. The van der Waals surface area contributed by atoms with Gasteiger partial charge in [0.1, 0.15) is 0 Å². The minimum absolute atomic E-state index is 0.0405. The average Bonchev–Trinajstić information content (AvgIpc) is 2.24. The second-order valence-corrected chi connectivity index (χ2v) is 4.69. The molecule has 0 fully saturated rings. The summed E-state index contributed by atoms with van der Waals surface area (Å²) in [5.41, 5.74) is 1.60. The molecule has 3 heteroatoms. The molecular formula is C14H18O3. The van der Waals surface area contributed by atoms with E-state index < -0.39 is 11.9 Å². The zero-order valence-corrected chi connectivity index (χ0v) is 10.4. The largest absolute Gasteiger partial charge is 0.481 e. The van der Waals surface area contributed by atoms with Gasteiger partial charge in [-0.2, -0.15) is 0 Å². The van der Waals surface area contributed by atoms with E-state index in [-0.39, 0.29) is 18.1 Å². The first kappa shape index (κ1) is 13.4. The zero-order valence-electron chi connectivity index (χ0n) is 10.4. The SMILES string of the molecule is Cc1cccc(C(=O)CC(C(=O)O)C(C)C)c1. The van der Waals surface area contributed by atoms with Gasteiger partial charge in [-0.1, -0.05) is 37.6 Å². The van der Waals surface area contributed by atoms with Gasteiger partial charge in [0.05, 0.1) is 5.92 Å². The van der Waals surface area contributed by atoms with Crippen LogP contribution in [-0.4, -0.2) is 16.9 Å². The van der Waals surface area contributed by atoms with Gasteiger partial charge in [0, 0.05) is 12.0 Å². The van der Waals surface area contributed by atoms with Gasteiger partial charge in [-0.05, 0) is 18.9 Å². The van der Waals surface area contributed by atoms with Crippen molar-refractivity contribution in [1.82, 2.24) is 0 Å². The fraction of sp³-hybridized carbons (Fsp3) is 0.429. The summed E-state index contributed by atoms with van der Waals surface area (Å²) < 4.78 is 0. The van der Waals surface area contributed by atoms with Crippen molar-refractivity contribution in [3.63, 3.8) is 0 Å². The molecule has 0 amide bonds. The molecule has 1 rings (SSSR count). The van der Waals surface area contributed by atoms with Crippen molar-refractivity contribution in [2.24, 2.45) is 11.8 Å². The molecule has 0 aliphatic carbocycles. The van der Waals surface area contributed by atoms with E-state index in [1.807, 2.05) is 32.9 Å². The summed E-state index contributed by atoms with van der Waals surface area (Å²) >= 11 is 0. The first-order valence-electron chi connectivity index (χ1n) is 5.74. The highest BCUT2D eigenvalue weighted by Crippen LogP contribution is 2.19. The maximum atomic E-state index is 12.0. The minimum Gasteiger partial charge on any atom is -0.481 e. The van der Waals surface area contributed by atoms with Gasteiger partial charge < -0.3 is 5.11 Å². The number of Topliss-reactive ketones (excluding diaryl/α,β-unsaturated/α-hetero) is 1. The zero-order chi connectivity index (χ0) is 13.0. The molecule has 1 atom stereocenters. The molecule has 92 valence electrons. The number of carboxylic acid groups (broad SMARTS) is 1. The summed E-state index contributed by atoms with van der Waals surface area (Å²) in [6.45, 7) is 5.55. The van der Waals surface area contributed by atoms with Crippen molar-refractivity contribution >= 4 is 11.8 Å². The molecule has 0 saturated carbocycles. The van der Waals surface area contributed by atoms with E-state index in [0.717, 1.165) is 5.56 Å². The number of aliphatic carboxylic acids is 1. The number of ketones is 1. The second-order valence-electron chi connectivity index (χ2n) is 4.69. The first-order chi connectivity index (χ1) is 7.91. The Balaban J connectivity index is 2.81. The molecule has 0 aliphatic rings. The van der Waals surface area contributed by atoms with Gasteiger partial charge in [-0.15, -0.1) is 0 Å². The van der Waals surface area contributed by atoms with Crippen LogP contribution in [0.4, 0.5) is 0 Å². The normalized spacial score (nSPS) is 12.5. The van der Waals surface area contributed by atoms with Crippen LogP contribution in [0.2, 0.25) is 0 Å². The lowest BCUT2D eigenvalue weighted by atomic mass is 9.89. The van der Waals surface area contributed by atoms with Gasteiger partial charge in [0.25, 0.3) is 0 Å². The summed E-state index contributed by atoms with van der Waals surface area (Å²) in [7, 11) is 0. The molecule has 1 unspecified atom stereocenters. The Morgan fingerprint density at radius 3 is 2.41 bits per heavy atom. The van der Waals surface area contributed by atoms with Crippen LogP contribution in [0.25, 0.3) is 0 Å². The predicted molar refractivity (Wildman–Crippen MR) is 66.1 cm³/mol. The summed E-state index contributed by atoms with van der Waals surface area (Å²) in [5.74, 6) is -1.65. The van der Waals surface area contributed by atoms with Gasteiger partial charge >= 0.3 is 5.97 Å². The van der Waals surface area contributed by atoms with Crippen LogP contribution in [0, 0.1) is 18.8 Å². The number of benzene rings is 1. The molecule has 0 radical (unpaired) electrons. The minimum atomic E-state index is -0.902. The quantitative estimate of drug-likeness (QED) is 0.797. The van der Waals surface area contributed by atoms with Crippen molar-refractivity contribution in [1.29, 1.82) is 0 Å². The molecule has 17 heavy (non-hydrogen) atoms. The van der Waals surface area contributed by atoms with E-state index in [4.69, 9.17) is 5.11 Å². The summed E-state index contributed by atoms with van der Waals surface area (Å²) in [5, 5.41) is 9.04. The summed E-state index contributed by atoms with van der Waals surface area (Å²) in [6, 6.07) is 7.25. The van der Waals surface area contributed by atoms with E-state index in [2.05, 4.69) is 0 Å². The molecule has 0 aromatic heterocycles. The maximum absolute atomic E-state index is 12.0. The van der Waals surface area contributed by atoms with E-state index in [1.165, 1.54) is 0 Å². The summed E-state index contributed by atoms with van der Waals surface area (Å²) in [6.07, 6.45) is 0.0659. The standard InChI is InChI=1S/C14H18O3/c1-9(2)12(14(16)17)8-13(15)11-6-4-5-10(3)7-11/h4-7,9,12H,8H2,1-3H3,(H,16,17). The third kappa shape index (κ3) is 3.70. The Labute approximate surface area is 101 Å². The van der Waals surface area contributed by atoms with Crippen LogP contribution < -0.4 is 0 Å². The summed E-state index contributed by atoms with van der Waals surface area (Å²) in [4.78, 5) is 23.0. The molecule has 0 saturated heterocycles. The third-order valence-electron chi connectivity index (χ3n) is 2.87. The number of rotatable bonds is 5. The number of carboxylic acids is 1. The molecule has 0 spiro atoms. The van der Waals surface area contributed by atoms with Gasteiger partial charge in [0.15, 0.2) is 5.78 Å². The highest BCUT2D eigenvalue weighted by molar-refractivity contribution is 5.98. The number of carbonyl (C=O) groups excluding carboxylic acids is 1. The molecule has 0 bridgehead atoms. The Morgan fingerprint density at radius 2 is 1.94 bits per heavy atom. The van der Waals surface area contributed by atoms with Crippen molar-refractivity contribution in [2.45, 2.75) is 27.2 Å². The van der Waals surface area contributed by atoms with Crippen LogP contribution in [0.15, 0.2) is 24.3 Å². The monoisotopic (exact) mass is 234 g/mol. The molecule has 1 aromatic rings. The number of hydrogen-bond acceptors (Lipinski definition) is 2. The lowest BCUT2D eigenvalue weighted by Crippen LogP contribution is -2.23. The molecule has 0 heterocycles. The smallest absolute Gasteiger partial charge is 0.307 e. The molecule has 1 aromatic carbocycles. The van der Waals surface area contributed by atoms with E-state index in [1.54, 1.807) is 12.1 Å². The predicted octanol–water partition coefficient (Wildman–Crippen LogP) is 2.92. The Kier molecular flexibility index (Phi) is 4.44. The maximum Gasteiger partial charge on any atom is 0.307 e. The topological polar surface area (TPSA) is 54.4 Å². The first-order valence-corrected chi connectivity index (χ1v) is 5.74. The lowest BCUT2D eigenvalue weighted by molar-refractivity contribution is -0.143. The number of carbonyl (C=O) groups is 2. The number of aryl methyl sites for hydroxylation is 1. The fourth-order valence-electron chi connectivity index (χ4n) is 1.74. The van der Waals surface area contributed by atoms with Crippen LogP contribution in [-0.2, 0) is 4.79 Å². The molecule has 1 N–H and O–H groups in total. The van der Waals surface area contributed by atoms with Crippen molar-refractivity contribution < 1.29 is 14.7 Å². The van der Waals surface area contributed by atoms with Gasteiger partial charge in [-0.25, -0.2) is 0 Å². The molecule has 3 nitrogen and oxygen atoms in total. The highest BCUT2D eigenvalue weighted by atomic mass is 16.4. The van der Waals surface area contributed by atoms with Crippen molar-refractivity contribution in [3.8, 4) is 0 Å². The van der Waals surface area contributed by atoms with Crippen molar-refractivity contribution in [2.75, 3.05) is 0 Å². The van der Waals surface area contributed by atoms with Crippen molar-refractivity contribution in [3.05, 3.63) is 35.4 Å². The van der Waals surface area contributed by atoms with Gasteiger partial charge in [0.2, 0.25) is 0 Å². The highest BCUT2D eigenvalue weighted by Gasteiger charge is 2.24. The number of hydrogen-bond donors (Lipinski definition) is 1. The van der Waals surface area contributed by atoms with Crippen LogP contribution in [0.3, 0.4) is 0 Å². The fourth-order valence-corrected chi connectivity index (χ4v) is 1.74. The lowest BCUT2D eigenvalue weighted by Gasteiger charge is -2.15. The van der Waals surface area contributed by atoms with Crippen LogP contribution in [0.1, 0.15) is 36.2 Å². The van der Waals surface area contributed by atoms with E-state index in [0.29, 0.717) is 5.56 Å². The van der Waals surface area contributed by atoms with Crippen LogP contribution in [0.5, 0.6) is 0 Å². The Bertz CT molecular complexity index is 421. The second kappa shape index (κ2) is 5.62. The van der Waals surface area contributed by atoms with Gasteiger partial charge in [-0.3, -0.25) is 9.59 Å². The average molecular weight is 234 g/mol. The van der Waals surface area contributed by atoms with Crippen LogP contribution >= 0.6 is 0 Å². The van der Waals surface area contributed by atoms with E-state index in [9.17, 15) is 9.59 Å². The van der Waals surface area contributed by atoms with E-state index >= 15 is 0 Å². The molecule has 0 aliphatic heterocycles. The third-order valence-corrected chi connectivity index (χ3v) is 2.87. The Hall–Kier alpha value is -1.64. The molecular weight excluding hydrogens is 216 g/mol.